The molecule has 3 rings (SSSR count). The van der Waals surface area contributed by atoms with Crippen LogP contribution in [0.5, 0.6) is 5.88 Å². The van der Waals surface area contributed by atoms with Gasteiger partial charge >= 0.3 is 6.03 Å². The summed E-state index contributed by atoms with van der Waals surface area (Å²) in [5, 5.41) is 15.4. The monoisotopic (exact) mass is 487 g/mol. The van der Waals surface area contributed by atoms with Crippen molar-refractivity contribution in [3.8, 4) is 5.88 Å². The van der Waals surface area contributed by atoms with Gasteiger partial charge in [-0.15, -0.1) is 0 Å². The number of ether oxygens (including phenoxy) is 2. The van der Waals surface area contributed by atoms with Crippen LogP contribution in [-0.4, -0.2) is 71.8 Å². The Bertz CT molecular complexity index is 956. The highest BCUT2D eigenvalue weighted by Crippen LogP contribution is 2.31. The summed E-state index contributed by atoms with van der Waals surface area (Å²) in [6.45, 7) is 2.84. The first kappa shape index (κ1) is 24.1. The van der Waals surface area contributed by atoms with Gasteiger partial charge in [-0.05, 0) is 23.7 Å². The summed E-state index contributed by atoms with van der Waals surface area (Å²) in [5.74, 6) is -1.56. The number of anilines is 1. The molecule has 13 heteroatoms. The van der Waals surface area contributed by atoms with E-state index in [4.69, 9.17) is 26.8 Å². The van der Waals surface area contributed by atoms with Crippen molar-refractivity contribution in [3.05, 3.63) is 40.2 Å². The van der Waals surface area contributed by atoms with Gasteiger partial charge in [-0.25, -0.2) is 9.18 Å². The predicted molar refractivity (Wildman–Crippen MR) is 117 cm³/mol. The van der Waals surface area contributed by atoms with Crippen molar-refractivity contribution in [2.45, 2.75) is 12.7 Å². The van der Waals surface area contributed by atoms with Crippen LogP contribution in [0.25, 0.3) is 0 Å². The number of aliphatic hydroxyl groups is 1. The Morgan fingerprint density at radius 2 is 2.16 bits per heavy atom. The third-order valence-corrected chi connectivity index (χ3v) is 5.57. The maximum atomic E-state index is 13.9. The van der Waals surface area contributed by atoms with E-state index in [0.717, 1.165) is 30.7 Å². The van der Waals surface area contributed by atoms with Gasteiger partial charge in [0.15, 0.2) is 0 Å². The molecule has 0 bridgehead atoms. The molecule has 0 aliphatic carbocycles. The quantitative estimate of drug-likeness (QED) is 0.419. The van der Waals surface area contributed by atoms with Crippen LogP contribution >= 0.6 is 23.1 Å². The number of benzene rings is 1. The van der Waals surface area contributed by atoms with Gasteiger partial charge in [-0.2, -0.15) is 4.37 Å². The topological polar surface area (TPSA) is 139 Å². The number of halogens is 2. The fraction of sp³-hybridized carbons (Fsp3) is 0.421. The first-order valence-corrected chi connectivity index (χ1v) is 10.9. The normalized spacial score (nSPS) is 15.2. The van der Waals surface area contributed by atoms with E-state index in [-0.39, 0.29) is 40.2 Å². The Morgan fingerprint density at radius 3 is 2.84 bits per heavy atom. The number of nitrogens with zero attached hydrogens (tertiary/aromatic N) is 2. The highest BCUT2D eigenvalue weighted by atomic mass is 35.5. The van der Waals surface area contributed by atoms with E-state index >= 15 is 0 Å². The van der Waals surface area contributed by atoms with E-state index in [1.165, 1.54) is 12.1 Å². The maximum Gasteiger partial charge on any atom is 0.320 e. The molecule has 174 valence electrons. The number of primary amides is 1. The standard InChI is InChI=1S/C19H23ClFN5O5S/c20-12-2-1-11(14(21)7-12)10-31-17-15(16(22)28)18(32-25-17)24-19(29)23-8-13(27)9-26-3-5-30-6-4-26/h1-2,7,13,27H,3-6,8-10H2,(H2,22,28)(H2,23,24,29). The minimum atomic E-state index is -0.868. The molecular formula is C19H23ClFN5O5S. The van der Waals surface area contributed by atoms with Gasteiger partial charge in [0.05, 0.1) is 19.3 Å². The van der Waals surface area contributed by atoms with Crippen molar-refractivity contribution in [2.24, 2.45) is 5.73 Å². The molecule has 1 saturated heterocycles. The van der Waals surface area contributed by atoms with Crippen LogP contribution in [0, 0.1) is 5.82 Å². The van der Waals surface area contributed by atoms with Gasteiger partial charge in [0.25, 0.3) is 5.91 Å². The van der Waals surface area contributed by atoms with Crippen LogP contribution in [0.1, 0.15) is 15.9 Å². The largest absolute Gasteiger partial charge is 0.471 e. The second kappa shape index (κ2) is 11.4. The molecule has 5 N–H and O–H groups in total. The number of amides is 3. The highest BCUT2D eigenvalue weighted by molar-refractivity contribution is 7.11. The molecule has 0 radical (unpaired) electrons. The second-order valence-corrected chi connectivity index (χ2v) is 8.19. The molecule has 0 spiro atoms. The predicted octanol–water partition coefficient (Wildman–Crippen LogP) is 1.43. The average molecular weight is 488 g/mol. The van der Waals surface area contributed by atoms with Gasteiger partial charge in [-0.1, -0.05) is 17.7 Å². The summed E-state index contributed by atoms with van der Waals surface area (Å²) in [5.41, 5.74) is 5.49. The Morgan fingerprint density at radius 1 is 1.41 bits per heavy atom. The zero-order valence-corrected chi connectivity index (χ0v) is 18.5. The second-order valence-electron chi connectivity index (χ2n) is 6.98. The first-order chi connectivity index (χ1) is 15.3. The van der Waals surface area contributed by atoms with E-state index in [1.54, 1.807) is 0 Å². The van der Waals surface area contributed by atoms with Crippen LogP contribution in [0.2, 0.25) is 5.02 Å². The van der Waals surface area contributed by atoms with Gasteiger partial charge in [0.2, 0.25) is 5.88 Å². The number of rotatable bonds is 9. The summed E-state index contributed by atoms with van der Waals surface area (Å²) in [6, 6.07) is 3.45. The van der Waals surface area contributed by atoms with E-state index in [1.807, 2.05) is 4.90 Å². The summed E-state index contributed by atoms with van der Waals surface area (Å²) in [7, 11) is 0. The molecule has 2 aromatic rings. The third kappa shape index (κ3) is 6.74. The van der Waals surface area contributed by atoms with Crippen LogP contribution in [-0.2, 0) is 11.3 Å². The maximum absolute atomic E-state index is 13.9. The number of urea groups is 1. The number of hydrogen-bond acceptors (Lipinski definition) is 8. The molecule has 0 saturated carbocycles. The van der Waals surface area contributed by atoms with Crippen LogP contribution in [0.15, 0.2) is 18.2 Å². The molecule has 2 heterocycles. The number of β-amino-alcohol motifs (C(OH)–C–C–N with tert-alkyl or cyclic N) is 1. The van der Waals surface area contributed by atoms with Gasteiger partial charge in [-0.3, -0.25) is 15.0 Å². The molecule has 1 aliphatic rings. The number of nitrogens with two attached hydrogens (primary N) is 1. The molecule has 1 aromatic carbocycles. The fourth-order valence-electron chi connectivity index (χ4n) is 2.97. The molecular weight excluding hydrogens is 465 g/mol. The number of nitrogens with one attached hydrogen (secondary N) is 2. The number of aliphatic hydroxyl groups excluding tert-OH is 1. The van der Waals surface area contributed by atoms with Crippen molar-refractivity contribution in [3.63, 3.8) is 0 Å². The first-order valence-electron chi connectivity index (χ1n) is 9.72. The highest BCUT2D eigenvalue weighted by Gasteiger charge is 2.23. The van der Waals surface area contributed by atoms with E-state index < -0.39 is 23.9 Å². The molecule has 1 aromatic heterocycles. The van der Waals surface area contributed by atoms with Crippen molar-refractivity contribution in [1.29, 1.82) is 0 Å². The van der Waals surface area contributed by atoms with Crippen molar-refractivity contribution < 1.29 is 28.6 Å². The Hall–Kier alpha value is -2.51. The minimum Gasteiger partial charge on any atom is -0.471 e. The number of aromatic nitrogens is 1. The SMILES string of the molecule is NC(=O)c1c(OCc2ccc(Cl)cc2F)nsc1NC(=O)NCC(O)CN1CCOCC1. The van der Waals surface area contributed by atoms with Gasteiger partial charge in [0.1, 0.15) is 23.0 Å². The molecule has 10 nitrogen and oxygen atoms in total. The van der Waals surface area contributed by atoms with Gasteiger partial charge < -0.3 is 25.6 Å². The lowest BCUT2D eigenvalue weighted by Gasteiger charge is -2.28. The number of hydrogen-bond donors (Lipinski definition) is 4. The lowest BCUT2D eigenvalue weighted by molar-refractivity contribution is 0.0154. The fourth-order valence-corrected chi connectivity index (χ4v) is 3.86. The Balaban J connectivity index is 1.54. The summed E-state index contributed by atoms with van der Waals surface area (Å²) in [6.07, 6.45) is -0.774. The molecule has 1 unspecified atom stereocenters. The smallest absolute Gasteiger partial charge is 0.320 e. The van der Waals surface area contributed by atoms with Gasteiger partial charge in [0, 0.05) is 36.8 Å². The molecule has 32 heavy (non-hydrogen) atoms. The van der Waals surface area contributed by atoms with E-state index in [0.29, 0.717) is 19.8 Å². The van der Waals surface area contributed by atoms with Crippen LogP contribution in [0.3, 0.4) is 0 Å². The zero-order valence-electron chi connectivity index (χ0n) is 17.0. The Labute approximate surface area is 192 Å². The molecule has 1 atom stereocenters. The van der Waals surface area contributed by atoms with Crippen LogP contribution in [0.4, 0.5) is 14.2 Å². The van der Waals surface area contributed by atoms with Crippen molar-refractivity contribution >= 4 is 40.1 Å². The lowest BCUT2D eigenvalue weighted by Crippen LogP contribution is -2.45. The van der Waals surface area contributed by atoms with E-state index in [9.17, 15) is 19.1 Å². The third-order valence-electron chi connectivity index (χ3n) is 4.58. The van der Waals surface area contributed by atoms with Crippen molar-refractivity contribution in [1.82, 2.24) is 14.6 Å². The number of carbonyl (C=O) groups is 2. The summed E-state index contributed by atoms with van der Waals surface area (Å²) < 4.78 is 28.6. The van der Waals surface area contributed by atoms with Crippen molar-refractivity contribution in [2.75, 3.05) is 44.7 Å². The zero-order chi connectivity index (χ0) is 23.1. The number of morpholine rings is 1. The summed E-state index contributed by atoms with van der Waals surface area (Å²) in [4.78, 5) is 26.1. The van der Waals surface area contributed by atoms with Crippen LogP contribution < -0.4 is 21.1 Å². The molecule has 1 aliphatic heterocycles. The summed E-state index contributed by atoms with van der Waals surface area (Å²) >= 11 is 6.51. The number of carbonyl (C=O) groups excluding carboxylic acids is 2. The minimum absolute atomic E-state index is 0.00704. The molecule has 3 amide bonds. The lowest BCUT2D eigenvalue weighted by atomic mass is 10.2. The van der Waals surface area contributed by atoms with E-state index in [2.05, 4.69) is 15.0 Å². The Kier molecular flexibility index (Phi) is 8.59. The molecule has 1 fully saturated rings. The average Bonchev–Trinajstić information content (AvgIpc) is 3.15.